The van der Waals surface area contributed by atoms with Crippen LogP contribution >= 0.6 is 11.8 Å². The molecule has 0 aromatic rings. The number of thioether (sulfide) groups is 1. The highest BCUT2D eigenvalue weighted by atomic mass is 32.2. The third-order valence-electron chi connectivity index (χ3n) is 3.98. The van der Waals surface area contributed by atoms with Crippen LogP contribution in [0.5, 0.6) is 0 Å². The quantitative estimate of drug-likeness (QED) is 0.551. The number of methoxy groups -OCH3 is 1. The summed E-state index contributed by atoms with van der Waals surface area (Å²) < 4.78 is 10.1. The van der Waals surface area contributed by atoms with Gasteiger partial charge in [0.15, 0.2) is 6.10 Å². The molecule has 124 valence electrons. The summed E-state index contributed by atoms with van der Waals surface area (Å²) in [7, 11) is 1.54. The van der Waals surface area contributed by atoms with Crippen LogP contribution in [0.4, 0.5) is 0 Å². The van der Waals surface area contributed by atoms with Crippen LogP contribution < -0.4 is 5.32 Å². The minimum atomic E-state index is -0.890. The Hall–Kier alpha value is -1.28. The van der Waals surface area contributed by atoms with Gasteiger partial charge in [0.05, 0.1) is 11.5 Å². The summed E-state index contributed by atoms with van der Waals surface area (Å²) in [6.45, 7) is 4.25. The van der Waals surface area contributed by atoms with Crippen molar-refractivity contribution < 1.29 is 23.9 Å². The lowest BCUT2D eigenvalue weighted by molar-refractivity contribution is -0.161. The lowest BCUT2D eigenvalue weighted by Crippen LogP contribution is -2.48. The molecule has 0 unspecified atom stereocenters. The second-order valence-electron chi connectivity index (χ2n) is 5.63. The first-order chi connectivity index (χ1) is 10.4. The predicted molar refractivity (Wildman–Crippen MR) is 81.2 cm³/mol. The lowest BCUT2D eigenvalue weighted by atomic mass is 10.2. The molecule has 2 rings (SSSR count). The molecule has 0 spiro atoms. The molecule has 2 heterocycles. The fourth-order valence-corrected chi connectivity index (χ4v) is 4.14. The van der Waals surface area contributed by atoms with Gasteiger partial charge in [-0.25, -0.2) is 4.79 Å². The zero-order valence-electron chi connectivity index (χ0n) is 13.1. The van der Waals surface area contributed by atoms with Crippen LogP contribution in [-0.4, -0.2) is 65.7 Å². The molecule has 2 saturated heterocycles. The third-order valence-corrected chi connectivity index (χ3v) is 5.49. The number of rotatable bonds is 6. The number of hydrogen-bond donors (Lipinski definition) is 1. The van der Waals surface area contributed by atoms with E-state index in [4.69, 9.17) is 9.47 Å². The van der Waals surface area contributed by atoms with Gasteiger partial charge in [0.25, 0.3) is 5.91 Å². The summed E-state index contributed by atoms with van der Waals surface area (Å²) in [5, 5.41) is 2.61. The van der Waals surface area contributed by atoms with Crippen molar-refractivity contribution in [1.82, 2.24) is 10.2 Å². The standard InChI is InChI=1S/C14H22N2O5S/c1-9(12(18)15-6-7-20-3)21-13(19)10-8-22-14(2)5-4-11(17)16(10)14/h9-10H,4-8H2,1-3H3,(H,15,18)/t9-,10+,14-/m0/s1. The highest BCUT2D eigenvalue weighted by Crippen LogP contribution is 2.47. The van der Waals surface area contributed by atoms with Crippen molar-refractivity contribution in [3.8, 4) is 0 Å². The lowest BCUT2D eigenvalue weighted by Gasteiger charge is -2.29. The number of nitrogens with one attached hydrogen (secondary N) is 1. The van der Waals surface area contributed by atoms with Crippen LogP contribution in [-0.2, 0) is 23.9 Å². The molecule has 0 radical (unpaired) electrons. The largest absolute Gasteiger partial charge is 0.451 e. The van der Waals surface area contributed by atoms with Crippen LogP contribution in [0.15, 0.2) is 0 Å². The van der Waals surface area contributed by atoms with E-state index in [0.717, 1.165) is 6.42 Å². The van der Waals surface area contributed by atoms with E-state index in [9.17, 15) is 14.4 Å². The Morgan fingerprint density at radius 3 is 2.95 bits per heavy atom. The molecule has 2 fully saturated rings. The van der Waals surface area contributed by atoms with Gasteiger partial charge in [-0.2, -0.15) is 0 Å². The van der Waals surface area contributed by atoms with Gasteiger partial charge >= 0.3 is 5.97 Å². The Bertz CT molecular complexity index is 472. The smallest absolute Gasteiger partial charge is 0.330 e. The first kappa shape index (κ1) is 17.1. The fourth-order valence-electron chi connectivity index (χ4n) is 2.72. The molecule has 2 amide bonds. The Kier molecular flexibility index (Phi) is 5.33. The van der Waals surface area contributed by atoms with Crippen LogP contribution in [0.2, 0.25) is 0 Å². The Labute approximate surface area is 134 Å². The fraction of sp³-hybridized carbons (Fsp3) is 0.786. The molecular weight excluding hydrogens is 308 g/mol. The van der Waals surface area contributed by atoms with Gasteiger partial charge in [0, 0.05) is 25.8 Å². The van der Waals surface area contributed by atoms with Crippen molar-refractivity contribution in [2.24, 2.45) is 0 Å². The van der Waals surface area contributed by atoms with Gasteiger partial charge in [0.1, 0.15) is 6.04 Å². The Morgan fingerprint density at radius 2 is 2.27 bits per heavy atom. The first-order valence-electron chi connectivity index (χ1n) is 7.32. The number of nitrogens with zero attached hydrogens (tertiary/aromatic N) is 1. The number of fused-ring (bicyclic) bond motifs is 1. The molecule has 8 heteroatoms. The van der Waals surface area contributed by atoms with E-state index < -0.39 is 18.1 Å². The molecule has 7 nitrogen and oxygen atoms in total. The van der Waals surface area contributed by atoms with E-state index in [1.807, 2.05) is 6.92 Å². The zero-order valence-corrected chi connectivity index (χ0v) is 13.9. The van der Waals surface area contributed by atoms with Gasteiger partial charge < -0.3 is 19.7 Å². The second kappa shape index (κ2) is 6.87. The van der Waals surface area contributed by atoms with Crippen LogP contribution in [0.3, 0.4) is 0 Å². The van der Waals surface area contributed by atoms with Gasteiger partial charge in [-0.1, -0.05) is 0 Å². The second-order valence-corrected chi connectivity index (χ2v) is 7.13. The minimum Gasteiger partial charge on any atom is -0.451 e. The monoisotopic (exact) mass is 330 g/mol. The van der Waals surface area contributed by atoms with Gasteiger partial charge in [-0.3, -0.25) is 9.59 Å². The van der Waals surface area contributed by atoms with Crippen molar-refractivity contribution >= 4 is 29.5 Å². The van der Waals surface area contributed by atoms with Gasteiger partial charge in [0.2, 0.25) is 5.91 Å². The minimum absolute atomic E-state index is 0.0216. The normalized spacial score (nSPS) is 28.4. The van der Waals surface area contributed by atoms with E-state index in [1.165, 1.54) is 14.0 Å². The van der Waals surface area contributed by atoms with E-state index >= 15 is 0 Å². The molecular formula is C14H22N2O5S. The Morgan fingerprint density at radius 1 is 1.55 bits per heavy atom. The van der Waals surface area contributed by atoms with E-state index in [-0.39, 0.29) is 16.7 Å². The van der Waals surface area contributed by atoms with Crippen LogP contribution in [0, 0.1) is 0 Å². The van der Waals surface area contributed by atoms with E-state index in [0.29, 0.717) is 25.3 Å². The third kappa shape index (κ3) is 3.38. The Balaban J connectivity index is 1.89. The summed E-state index contributed by atoms with van der Waals surface area (Å²) in [6.07, 6.45) is 0.312. The number of hydrogen-bond acceptors (Lipinski definition) is 6. The van der Waals surface area contributed by atoms with Crippen molar-refractivity contribution in [2.75, 3.05) is 26.0 Å². The van der Waals surface area contributed by atoms with E-state index in [2.05, 4.69) is 5.32 Å². The van der Waals surface area contributed by atoms with Crippen LogP contribution in [0.1, 0.15) is 26.7 Å². The average Bonchev–Trinajstić information content (AvgIpc) is 2.96. The maximum Gasteiger partial charge on any atom is 0.330 e. The van der Waals surface area contributed by atoms with Gasteiger partial charge in [-0.15, -0.1) is 11.8 Å². The molecule has 2 aliphatic heterocycles. The zero-order chi connectivity index (χ0) is 16.3. The highest BCUT2D eigenvalue weighted by molar-refractivity contribution is 8.01. The molecule has 0 aromatic carbocycles. The van der Waals surface area contributed by atoms with Crippen molar-refractivity contribution in [3.05, 3.63) is 0 Å². The predicted octanol–water partition coefficient (Wildman–Crippen LogP) is 0.135. The first-order valence-corrected chi connectivity index (χ1v) is 8.31. The maximum absolute atomic E-state index is 12.3. The molecule has 1 N–H and O–H groups in total. The topological polar surface area (TPSA) is 84.9 Å². The number of carbonyl (C=O) groups excluding carboxylic acids is 3. The molecule has 0 bridgehead atoms. The molecule has 2 aliphatic rings. The molecule has 0 aromatic heterocycles. The van der Waals surface area contributed by atoms with Crippen LogP contribution in [0.25, 0.3) is 0 Å². The maximum atomic E-state index is 12.3. The summed E-state index contributed by atoms with van der Waals surface area (Å²) in [5.74, 6) is -0.391. The summed E-state index contributed by atoms with van der Waals surface area (Å²) in [5.41, 5.74) is 0. The SMILES string of the molecule is COCCNC(=O)[C@H](C)OC(=O)[C@H]1CS[C@@]2(C)CCC(=O)N12. The molecule has 22 heavy (non-hydrogen) atoms. The highest BCUT2D eigenvalue weighted by Gasteiger charge is 2.53. The number of carbonyl (C=O) groups is 3. The van der Waals surface area contributed by atoms with Crippen molar-refractivity contribution in [3.63, 3.8) is 0 Å². The van der Waals surface area contributed by atoms with Crippen molar-refractivity contribution in [2.45, 2.75) is 43.7 Å². The summed E-state index contributed by atoms with van der Waals surface area (Å²) in [6, 6.07) is -0.598. The van der Waals surface area contributed by atoms with Gasteiger partial charge in [-0.05, 0) is 20.3 Å². The molecule has 0 saturated carbocycles. The average molecular weight is 330 g/mol. The van der Waals surface area contributed by atoms with Crippen molar-refractivity contribution in [1.29, 1.82) is 0 Å². The molecule has 3 atom stereocenters. The summed E-state index contributed by atoms with van der Waals surface area (Å²) >= 11 is 1.59. The number of esters is 1. The number of ether oxygens (including phenoxy) is 2. The molecule has 0 aliphatic carbocycles. The van der Waals surface area contributed by atoms with E-state index in [1.54, 1.807) is 16.7 Å². The number of amides is 2. The summed E-state index contributed by atoms with van der Waals surface area (Å²) in [4.78, 5) is 37.4.